The Kier molecular flexibility index (Phi) is 2.95. The maximum Gasteiger partial charge on any atom is 0.430 e. The van der Waals surface area contributed by atoms with Gasteiger partial charge in [-0.05, 0) is 18.2 Å². The average Bonchev–Trinajstić information content (AvgIpc) is 2.31. The molecular formula is C11H5F5O3. The van der Waals surface area contributed by atoms with E-state index in [2.05, 4.69) is 4.74 Å². The molecule has 1 aromatic carbocycles. The highest BCUT2D eigenvalue weighted by Crippen LogP contribution is 2.39. The molecule has 8 heteroatoms. The summed E-state index contributed by atoms with van der Waals surface area (Å²) in [6.45, 7) is 0. The summed E-state index contributed by atoms with van der Waals surface area (Å²) in [5.74, 6) is -5.77. The molecule has 0 saturated heterocycles. The molecule has 0 spiro atoms. The maximum absolute atomic E-state index is 13.3. The van der Waals surface area contributed by atoms with Gasteiger partial charge in [0, 0.05) is 5.56 Å². The van der Waals surface area contributed by atoms with Crippen LogP contribution in [0, 0.1) is 11.6 Å². The first-order valence-corrected chi connectivity index (χ1v) is 4.88. The first-order valence-electron chi connectivity index (χ1n) is 4.88. The Morgan fingerprint density at radius 1 is 1.26 bits per heavy atom. The van der Waals surface area contributed by atoms with E-state index in [9.17, 15) is 26.7 Å². The van der Waals surface area contributed by atoms with Gasteiger partial charge >= 0.3 is 12.1 Å². The van der Waals surface area contributed by atoms with Gasteiger partial charge in [0.05, 0.1) is 5.57 Å². The zero-order valence-electron chi connectivity index (χ0n) is 8.96. The number of hydrogen-bond donors (Lipinski definition) is 1. The molecule has 3 nitrogen and oxygen atoms in total. The Morgan fingerprint density at radius 2 is 1.89 bits per heavy atom. The van der Waals surface area contributed by atoms with Gasteiger partial charge in [-0.25, -0.2) is 9.18 Å². The molecule has 2 rings (SSSR count). The van der Waals surface area contributed by atoms with Crippen LogP contribution in [-0.2, 0) is 4.79 Å². The van der Waals surface area contributed by atoms with Gasteiger partial charge in [-0.1, -0.05) is 0 Å². The number of benzene rings is 1. The lowest BCUT2D eigenvalue weighted by Gasteiger charge is -2.27. The van der Waals surface area contributed by atoms with Crippen molar-refractivity contribution in [3.05, 3.63) is 34.9 Å². The first-order chi connectivity index (χ1) is 8.71. The molecule has 1 aliphatic rings. The molecule has 1 aliphatic heterocycles. The van der Waals surface area contributed by atoms with Gasteiger partial charge in [-0.15, -0.1) is 0 Å². The second-order valence-electron chi connectivity index (χ2n) is 3.72. The van der Waals surface area contributed by atoms with Crippen molar-refractivity contribution in [1.82, 2.24) is 0 Å². The number of ether oxygens (including phenoxy) is 1. The molecule has 1 aromatic rings. The van der Waals surface area contributed by atoms with Gasteiger partial charge in [0.25, 0.3) is 0 Å². The number of aliphatic carboxylic acids is 1. The topological polar surface area (TPSA) is 46.5 Å². The summed E-state index contributed by atoms with van der Waals surface area (Å²) in [4.78, 5) is 10.8. The Morgan fingerprint density at radius 3 is 2.42 bits per heavy atom. The van der Waals surface area contributed by atoms with Crippen molar-refractivity contribution >= 4 is 12.0 Å². The monoisotopic (exact) mass is 280 g/mol. The first kappa shape index (κ1) is 13.3. The van der Waals surface area contributed by atoms with Gasteiger partial charge in [0.15, 0.2) is 11.6 Å². The summed E-state index contributed by atoms with van der Waals surface area (Å²) >= 11 is 0. The molecule has 0 saturated carbocycles. The van der Waals surface area contributed by atoms with Crippen molar-refractivity contribution in [2.24, 2.45) is 0 Å². The molecule has 0 fully saturated rings. The van der Waals surface area contributed by atoms with Crippen LogP contribution in [0.1, 0.15) is 5.56 Å². The van der Waals surface area contributed by atoms with Crippen molar-refractivity contribution < 1.29 is 36.6 Å². The third-order valence-corrected chi connectivity index (χ3v) is 2.45. The maximum atomic E-state index is 13.3. The second kappa shape index (κ2) is 4.22. The lowest BCUT2D eigenvalue weighted by atomic mass is 10.0. The average molecular weight is 280 g/mol. The molecule has 0 radical (unpaired) electrons. The fourth-order valence-electron chi connectivity index (χ4n) is 1.62. The minimum atomic E-state index is -5.05. The highest BCUT2D eigenvalue weighted by Gasteiger charge is 2.49. The zero-order chi connectivity index (χ0) is 14.4. The Labute approximate surface area is 102 Å². The SMILES string of the molecule is O=C(O)C1=Cc2ccc(F)c(F)c2OC1C(F)(F)F. The highest BCUT2D eigenvalue weighted by molar-refractivity contribution is 5.95. The van der Waals surface area contributed by atoms with Crippen LogP contribution >= 0.6 is 0 Å². The van der Waals surface area contributed by atoms with Crippen molar-refractivity contribution in [3.8, 4) is 5.75 Å². The third-order valence-electron chi connectivity index (χ3n) is 2.45. The van der Waals surface area contributed by atoms with Crippen molar-refractivity contribution in [1.29, 1.82) is 0 Å². The third kappa shape index (κ3) is 2.25. The summed E-state index contributed by atoms with van der Waals surface area (Å²) in [5.41, 5.74) is -1.36. The summed E-state index contributed by atoms with van der Waals surface area (Å²) < 4.78 is 68.4. The normalized spacial score (nSPS) is 18.4. The van der Waals surface area contributed by atoms with E-state index in [-0.39, 0.29) is 5.56 Å². The van der Waals surface area contributed by atoms with Gasteiger partial charge in [-0.2, -0.15) is 17.6 Å². The number of carboxylic acid groups (broad SMARTS) is 1. The predicted octanol–water partition coefficient (Wildman–Crippen LogP) is 2.76. The standard InChI is InChI=1S/C11H5F5O3/c12-6-2-1-4-3-5(10(17)18)9(11(14,15)16)19-8(4)7(6)13/h1-3,9H,(H,17,18). The molecule has 0 aliphatic carbocycles. The van der Waals surface area contributed by atoms with Crippen LogP contribution < -0.4 is 4.74 Å². The van der Waals surface area contributed by atoms with Crippen molar-refractivity contribution in [2.75, 3.05) is 0 Å². The number of fused-ring (bicyclic) bond motifs is 1. The molecule has 1 unspecified atom stereocenters. The van der Waals surface area contributed by atoms with Crippen LogP contribution in [0.2, 0.25) is 0 Å². The molecule has 1 heterocycles. The van der Waals surface area contributed by atoms with E-state index < -0.39 is 41.2 Å². The van der Waals surface area contributed by atoms with Crippen LogP contribution in [0.25, 0.3) is 6.08 Å². The van der Waals surface area contributed by atoms with Crippen LogP contribution in [0.5, 0.6) is 5.75 Å². The Balaban J connectivity index is 2.61. The highest BCUT2D eigenvalue weighted by atomic mass is 19.4. The van der Waals surface area contributed by atoms with E-state index in [0.29, 0.717) is 12.1 Å². The Bertz CT molecular complexity index is 576. The lowest BCUT2D eigenvalue weighted by molar-refractivity contribution is -0.187. The van der Waals surface area contributed by atoms with E-state index >= 15 is 0 Å². The summed E-state index contributed by atoms with van der Waals surface area (Å²) in [5, 5.41) is 8.71. The summed E-state index contributed by atoms with van der Waals surface area (Å²) in [6.07, 6.45) is -7.28. The van der Waals surface area contributed by atoms with Crippen molar-refractivity contribution in [2.45, 2.75) is 12.3 Å². The van der Waals surface area contributed by atoms with Gasteiger partial charge in [-0.3, -0.25) is 0 Å². The number of alkyl halides is 3. The second-order valence-corrected chi connectivity index (χ2v) is 3.72. The zero-order valence-corrected chi connectivity index (χ0v) is 8.96. The largest absolute Gasteiger partial charge is 0.478 e. The molecule has 0 bridgehead atoms. The van der Waals surface area contributed by atoms with E-state index in [1.807, 2.05) is 0 Å². The van der Waals surface area contributed by atoms with Crippen LogP contribution in [0.4, 0.5) is 22.0 Å². The number of hydrogen-bond acceptors (Lipinski definition) is 2. The van der Waals surface area contributed by atoms with Crippen LogP contribution in [0.15, 0.2) is 17.7 Å². The van der Waals surface area contributed by atoms with E-state index in [0.717, 1.165) is 6.07 Å². The number of carbonyl (C=O) groups is 1. The molecule has 19 heavy (non-hydrogen) atoms. The molecule has 0 amide bonds. The van der Waals surface area contributed by atoms with E-state index in [4.69, 9.17) is 5.11 Å². The van der Waals surface area contributed by atoms with Crippen molar-refractivity contribution in [3.63, 3.8) is 0 Å². The van der Waals surface area contributed by atoms with Gasteiger partial charge in [0.2, 0.25) is 11.9 Å². The van der Waals surface area contributed by atoms with E-state index in [1.54, 1.807) is 0 Å². The number of halogens is 5. The van der Waals surface area contributed by atoms with Crippen LogP contribution in [0.3, 0.4) is 0 Å². The molecule has 1 N–H and O–H groups in total. The predicted molar refractivity (Wildman–Crippen MR) is 52.4 cm³/mol. The fraction of sp³-hybridized carbons (Fsp3) is 0.182. The minimum absolute atomic E-state index is 0.267. The molecule has 102 valence electrons. The minimum Gasteiger partial charge on any atom is -0.478 e. The summed E-state index contributed by atoms with van der Waals surface area (Å²) in [7, 11) is 0. The number of carboxylic acids is 1. The smallest absolute Gasteiger partial charge is 0.430 e. The molecule has 0 aromatic heterocycles. The Hall–Kier alpha value is -2.12. The lowest BCUT2D eigenvalue weighted by Crippen LogP contribution is -2.40. The summed E-state index contributed by atoms with van der Waals surface area (Å²) in [6, 6.07) is 1.60. The molecular weight excluding hydrogens is 275 g/mol. The van der Waals surface area contributed by atoms with Crippen LogP contribution in [-0.4, -0.2) is 23.4 Å². The van der Waals surface area contributed by atoms with Gasteiger partial charge in [0.1, 0.15) is 0 Å². The van der Waals surface area contributed by atoms with Gasteiger partial charge < -0.3 is 9.84 Å². The molecule has 1 atom stereocenters. The number of rotatable bonds is 1. The quantitative estimate of drug-likeness (QED) is 0.804. The fourth-order valence-corrected chi connectivity index (χ4v) is 1.62. The van der Waals surface area contributed by atoms with E-state index in [1.165, 1.54) is 0 Å².